The van der Waals surface area contributed by atoms with Gasteiger partial charge in [0.1, 0.15) is 6.61 Å². The summed E-state index contributed by atoms with van der Waals surface area (Å²) < 4.78 is 16.7. The quantitative estimate of drug-likeness (QED) is 0.499. The maximum absolute atomic E-state index is 12.0. The van der Waals surface area contributed by atoms with E-state index in [-0.39, 0.29) is 17.4 Å². The van der Waals surface area contributed by atoms with E-state index in [1.165, 1.54) is 11.1 Å². The third-order valence-electron chi connectivity index (χ3n) is 3.94. The summed E-state index contributed by atoms with van der Waals surface area (Å²) in [5.74, 6) is 0.0325. The Morgan fingerprint density at radius 2 is 1.96 bits per heavy atom. The number of ether oxygens (including phenoxy) is 2. The Kier molecular flexibility index (Phi) is 7.11. The molecular weight excluding hydrogens is 344 g/mol. The second-order valence-electron chi connectivity index (χ2n) is 7.05. The van der Waals surface area contributed by atoms with Crippen LogP contribution in [-0.2, 0) is 0 Å². The second kappa shape index (κ2) is 9.31. The monoisotopic (exact) mass is 372 g/mol. The van der Waals surface area contributed by atoms with E-state index in [0.29, 0.717) is 17.7 Å². The van der Waals surface area contributed by atoms with Crippen LogP contribution in [0.3, 0.4) is 0 Å². The minimum Gasteiger partial charge on any atom is -0.499 e. The molecule has 0 saturated heterocycles. The Bertz CT molecular complexity index is 899. The topological polar surface area (TPSA) is 68.9 Å². The lowest BCUT2D eigenvalue weighted by molar-refractivity contribution is 0.231. The van der Waals surface area contributed by atoms with E-state index < -0.39 is 11.4 Å². The van der Waals surface area contributed by atoms with Gasteiger partial charge in [-0.1, -0.05) is 23.3 Å². The molecule has 0 aliphatic carbocycles. The number of aromatic hydroxyl groups is 1. The number of hydrogen-bond acceptors (Lipinski definition) is 5. The summed E-state index contributed by atoms with van der Waals surface area (Å²) in [6, 6.07) is 5.23. The lowest BCUT2D eigenvalue weighted by Gasteiger charge is -2.14. The molecule has 0 aliphatic rings. The molecule has 1 N–H and O–H groups in total. The summed E-state index contributed by atoms with van der Waals surface area (Å²) in [6.45, 7) is 10.3. The van der Waals surface area contributed by atoms with Gasteiger partial charge in [0.05, 0.1) is 11.5 Å². The van der Waals surface area contributed by atoms with E-state index in [2.05, 4.69) is 26.8 Å². The molecule has 0 aliphatic heterocycles. The van der Waals surface area contributed by atoms with Crippen LogP contribution in [-0.4, -0.2) is 17.8 Å². The smallest absolute Gasteiger partial charge is 0.382 e. The molecule has 27 heavy (non-hydrogen) atoms. The van der Waals surface area contributed by atoms with Crippen LogP contribution in [0.25, 0.3) is 11.0 Å². The maximum Gasteiger partial charge on any atom is 0.382 e. The van der Waals surface area contributed by atoms with E-state index in [1.807, 2.05) is 19.9 Å². The number of para-hydroxylation sites is 1. The molecule has 1 aromatic heterocycles. The fourth-order valence-electron chi connectivity index (χ4n) is 2.59. The van der Waals surface area contributed by atoms with Crippen LogP contribution in [0.15, 0.2) is 50.7 Å². The first kappa shape index (κ1) is 20.6. The van der Waals surface area contributed by atoms with Crippen LogP contribution in [0.4, 0.5) is 0 Å². The Morgan fingerprint density at radius 3 is 2.63 bits per heavy atom. The van der Waals surface area contributed by atoms with Crippen molar-refractivity contribution in [3.05, 3.63) is 51.9 Å². The van der Waals surface area contributed by atoms with Gasteiger partial charge in [0.2, 0.25) is 5.75 Å². The fraction of sp³-hybridized carbons (Fsp3) is 0.409. The Labute approximate surface area is 159 Å². The SMILES string of the molecule is CC(C)=CCCC(C)=CCOc1cccc2c(OC(C)C)c(O)c(=O)oc12. The van der Waals surface area contributed by atoms with Gasteiger partial charge in [-0.2, -0.15) is 0 Å². The van der Waals surface area contributed by atoms with E-state index >= 15 is 0 Å². The zero-order valence-corrected chi connectivity index (χ0v) is 16.7. The van der Waals surface area contributed by atoms with Crippen molar-refractivity contribution in [1.82, 2.24) is 0 Å². The number of allylic oxidation sites excluding steroid dienone is 3. The highest BCUT2D eigenvalue weighted by Gasteiger charge is 2.18. The van der Waals surface area contributed by atoms with E-state index in [4.69, 9.17) is 13.9 Å². The first-order valence-corrected chi connectivity index (χ1v) is 9.16. The molecule has 1 heterocycles. The number of hydrogen-bond donors (Lipinski definition) is 1. The Balaban J connectivity index is 2.23. The first-order chi connectivity index (χ1) is 12.8. The van der Waals surface area contributed by atoms with Gasteiger partial charge in [-0.05, 0) is 65.7 Å². The summed E-state index contributed by atoms with van der Waals surface area (Å²) in [4.78, 5) is 12.0. The van der Waals surface area contributed by atoms with Crippen molar-refractivity contribution in [2.24, 2.45) is 0 Å². The standard InChI is InChI=1S/C22H28O5/c1-14(2)8-6-9-16(5)12-13-25-18-11-7-10-17-20(18)27-22(24)19(23)21(17)26-15(3)4/h7-8,10-12,15,23H,6,9,13H2,1-5H3. The Morgan fingerprint density at radius 1 is 1.22 bits per heavy atom. The number of rotatable bonds is 8. The maximum atomic E-state index is 12.0. The summed E-state index contributed by atoms with van der Waals surface area (Å²) in [5.41, 5.74) is 1.97. The zero-order valence-electron chi connectivity index (χ0n) is 16.7. The first-order valence-electron chi connectivity index (χ1n) is 9.16. The van der Waals surface area contributed by atoms with Crippen LogP contribution in [0, 0.1) is 0 Å². The van der Waals surface area contributed by atoms with Crippen LogP contribution in [0.5, 0.6) is 17.2 Å². The van der Waals surface area contributed by atoms with Crippen LogP contribution < -0.4 is 15.1 Å². The number of fused-ring (bicyclic) bond motifs is 1. The average Bonchev–Trinajstić information content (AvgIpc) is 2.59. The third kappa shape index (κ3) is 5.64. The van der Waals surface area contributed by atoms with Crippen molar-refractivity contribution < 1.29 is 19.0 Å². The average molecular weight is 372 g/mol. The van der Waals surface area contributed by atoms with Gasteiger partial charge in [-0.3, -0.25) is 0 Å². The highest BCUT2D eigenvalue weighted by Crippen LogP contribution is 2.36. The normalized spacial score (nSPS) is 11.7. The van der Waals surface area contributed by atoms with Crippen LogP contribution >= 0.6 is 0 Å². The van der Waals surface area contributed by atoms with Gasteiger partial charge < -0.3 is 19.0 Å². The molecule has 0 saturated carbocycles. The van der Waals surface area contributed by atoms with Crippen LogP contribution in [0.1, 0.15) is 47.5 Å². The molecule has 0 bridgehead atoms. The van der Waals surface area contributed by atoms with Gasteiger partial charge in [0.25, 0.3) is 0 Å². The van der Waals surface area contributed by atoms with Crippen LogP contribution in [0.2, 0.25) is 0 Å². The Hall–Kier alpha value is -2.69. The molecule has 2 rings (SSSR count). The number of benzene rings is 1. The molecule has 0 atom stereocenters. The fourth-order valence-corrected chi connectivity index (χ4v) is 2.59. The summed E-state index contributed by atoms with van der Waals surface area (Å²) >= 11 is 0. The van der Waals surface area contributed by atoms with Crippen molar-refractivity contribution >= 4 is 11.0 Å². The molecule has 0 spiro atoms. The summed E-state index contributed by atoms with van der Waals surface area (Å²) in [6.07, 6.45) is 6.00. The zero-order chi connectivity index (χ0) is 20.0. The highest BCUT2D eigenvalue weighted by molar-refractivity contribution is 5.89. The minimum absolute atomic E-state index is 0.121. The van der Waals surface area contributed by atoms with Gasteiger partial charge >= 0.3 is 5.63 Å². The van der Waals surface area contributed by atoms with E-state index in [0.717, 1.165) is 12.8 Å². The lowest BCUT2D eigenvalue weighted by atomic mass is 10.1. The minimum atomic E-state index is -0.845. The van der Waals surface area contributed by atoms with Crippen molar-refractivity contribution in [2.75, 3.05) is 6.61 Å². The molecule has 5 heteroatoms. The lowest BCUT2D eigenvalue weighted by Crippen LogP contribution is -2.10. The molecule has 5 nitrogen and oxygen atoms in total. The summed E-state index contributed by atoms with van der Waals surface area (Å²) in [5, 5.41) is 10.5. The molecular formula is C22H28O5. The van der Waals surface area contributed by atoms with Crippen molar-refractivity contribution in [3.8, 4) is 17.2 Å². The second-order valence-corrected chi connectivity index (χ2v) is 7.05. The predicted molar refractivity (Wildman–Crippen MR) is 108 cm³/mol. The van der Waals surface area contributed by atoms with E-state index in [9.17, 15) is 9.90 Å². The van der Waals surface area contributed by atoms with Gasteiger partial charge in [0, 0.05) is 0 Å². The molecule has 0 fully saturated rings. The van der Waals surface area contributed by atoms with Crippen molar-refractivity contribution in [3.63, 3.8) is 0 Å². The largest absolute Gasteiger partial charge is 0.499 e. The summed E-state index contributed by atoms with van der Waals surface area (Å²) in [7, 11) is 0. The molecule has 0 unspecified atom stereocenters. The molecule has 0 radical (unpaired) electrons. The van der Waals surface area contributed by atoms with Crippen molar-refractivity contribution in [1.29, 1.82) is 0 Å². The molecule has 146 valence electrons. The van der Waals surface area contributed by atoms with Crippen molar-refractivity contribution in [2.45, 2.75) is 53.6 Å². The third-order valence-corrected chi connectivity index (χ3v) is 3.94. The van der Waals surface area contributed by atoms with Gasteiger partial charge in [-0.15, -0.1) is 0 Å². The van der Waals surface area contributed by atoms with Gasteiger partial charge in [-0.25, -0.2) is 4.79 Å². The predicted octanol–water partition coefficient (Wildman–Crippen LogP) is 5.36. The molecule has 1 aromatic carbocycles. The van der Waals surface area contributed by atoms with E-state index in [1.54, 1.807) is 18.2 Å². The highest BCUT2D eigenvalue weighted by atomic mass is 16.5. The van der Waals surface area contributed by atoms with Gasteiger partial charge in [0.15, 0.2) is 17.1 Å². The molecule has 2 aromatic rings. The molecule has 0 amide bonds.